The number of fused-ring (bicyclic) bond motifs is 1. The molecule has 1 heteroatoms. The van der Waals surface area contributed by atoms with Crippen LogP contribution in [0.4, 0.5) is 0 Å². The van der Waals surface area contributed by atoms with Crippen LogP contribution >= 0.6 is 0 Å². The molecule has 0 radical (unpaired) electrons. The minimum atomic E-state index is 0.368. The van der Waals surface area contributed by atoms with E-state index in [4.69, 9.17) is 0 Å². The van der Waals surface area contributed by atoms with E-state index in [0.717, 1.165) is 0 Å². The molecule has 0 saturated heterocycles. The zero-order valence-electron chi connectivity index (χ0n) is 12.9. The predicted octanol–water partition coefficient (Wildman–Crippen LogP) is 5.38. The van der Waals surface area contributed by atoms with Crippen LogP contribution in [0, 0.1) is 0 Å². The Balaban J connectivity index is 1.92. The van der Waals surface area contributed by atoms with Gasteiger partial charge in [0.1, 0.15) is 0 Å². The standard InChI is InChI=1S/C20H25N/c1-21-20(17-10-5-3-2-4-6-11-17)19-14-13-16-9-7-8-12-18(16)15-19/h7-10,12-15,20-21H,2-6,11H2,1H3/b17-10+. The van der Waals surface area contributed by atoms with Crippen molar-refractivity contribution in [2.45, 2.75) is 44.6 Å². The zero-order chi connectivity index (χ0) is 14.5. The number of hydrogen-bond acceptors (Lipinski definition) is 1. The van der Waals surface area contributed by atoms with Crippen LogP contribution in [-0.4, -0.2) is 7.05 Å². The third-order valence-corrected chi connectivity index (χ3v) is 4.59. The molecule has 1 aliphatic carbocycles. The van der Waals surface area contributed by atoms with Crippen molar-refractivity contribution in [3.05, 3.63) is 59.7 Å². The maximum Gasteiger partial charge on any atom is 0.0533 e. The fourth-order valence-electron chi connectivity index (χ4n) is 3.43. The van der Waals surface area contributed by atoms with Crippen LogP contribution < -0.4 is 5.32 Å². The Morgan fingerprint density at radius 3 is 2.57 bits per heavy atom. The van der Waals surface area contributed by atoms with Gasteiger partial charge in [0.15, 0.2) is 0 Å². The molecule has 0 aliphatic heterocycles. The molecule has 0 spiro atoms. The average molecular weight is 279 g/mol. The molecule has 3 rings (SSSR count). The summed E-state index contributed by atoms with van der Waals surface area (Å²) in [5.74, 6) is 0. The lowest BCUT2D eigenvalue weighted by molar-refractivity contribution is 0.574. The lowest BCUT2D eigenvalue weighted by Gasteiger charge is -2.22. The second-order valence-electron chi connectivity index (χ2n) is 6.06. The maximum atomic E-state index is 3.53. The van der Waals surface area contributed by atoms with Crippen molar-refractivity contribution in [2.24, 2.45) is 0 Å². The van der Waals surface area contributed by atoms with Crippen molar-refractivity contribution >= 4 is 10.8 Å². The number of hydrogen-bond donors (Lipinski definition) is 1. The largest absolute Gasteiger partial charge is 0.310 e. The van der Waals surface area contributed by atoms with Gasteiger partial charge in [-0.2, -0.15) is 0 Å². The topological polar surface area (TPSA) is 12.0 Å². The molecule has 2 aromatic carbocycles. The van der Waals surface area contributed by atoms with E-state index in [9.17, 15) is 0 Å². The number of benzene rings is 2. The molecule has 0 bridgehead atoms. The molecule has 110 valence electrons. The SMILES string of the molecule is CNC(/C1=C/CCCCCC1)c1ccc2ccccc2c1. The Labute approximate surface area is 128 Å². The van der Waals surface area contributed by atoms with Gasteiger partial charge >= 0.3 is 0 Å². The van der Waals surface area contributed by atoms with Crippen LogP contribution in [0.2, 0.25) is 0 Å². The summed E-state index contributed by atoms with van der Waals surface area (Å²) >= 11 is 0. The summed E-state index contributed by atoms with van der Waals surface area (Å²) in [4.78, 5) is 0. The lowest BCUT2D eigenvalue weighted by atomic mass is 9.90. The van der Waals surface area contributed by atoms with Crippen molar-refractivity contribution in [1.82, 2.24) is 5.32 Å². The third kappa shape index (κ3) is 3.36. The van der Waals surface area contributed by atoms with Crippen molar-refractivity contribution in [1.29, 1.82) is 0 Å². The minimum absolute atomic E-state index is 0.368. The van der Waals surface area contributed by atoms with Gasteiger partial charge in [0, 0.05) is 0 Å². The Hall–Kier alpha value is -1.60. The highest BCUT2D eigenvalue weighted by atomic mass is 14.9. The van der Waals surface area contributed by atoms with Crippen LogP contribution in [0.5, 0.6) is 0 Å². The highest BCUT2D eigenvalue weighted by molar-refractivity contribution is 5.83. The van der Waals surface area contributed by atoms with E-state index in [1.807, 2.05) is 0 Å². The highest BCUT2D eigenvalue weighted by Gasteiger charge is 2.15. The Kier molecular flexibility index (Phi) is 4.72. The monoisotopic (exact) mass is 279 g/mol. The Morgan fingerprint density at radius 2 is 1.71 bits per heavy atom. The predicted molar refractivity (Wildman–Crippen MR) is 91.5 cm³/mol. The molecule has 1 aliphatic rings. The molecular formula is C20H25N. The molecule has 1 N–H and O–H groups in total. The molecule has 21 heavy (non-hydrogen) atoms. The van der Waals surface area contributed by atoms with Crippen molar-refractivity contribution in [3.8, 4) is 0 Å². The second-order valence-corrected chi connectivity index (χ2v) is 6.06. The smallest absolute Gasteiger partial charge is 0.0533 e. The quantitative estimate of drug-likeness (QED) is 0.744. The molecule has 0 aromatic heterocycles. The zero-order valence-corrected chi connectivity index (χ0v) is 12.9. The number of likely N-dealkylation sites (N-methyl/N-ethyl adjacent to an activating group) is 1. The summed E-state index contributed by atoms with van der Waals surface area (Å²) in [6.07, 6.45) is 10.4. The molecular weight excluding hydrogens is 254 g/mol. The first-order valence-corrected chi connectivity index (χ1v) is 8.23. The molecule has 0 amide bonds. The molecule has 1 unspecified atom stereocenters. The number of allylic oxidation sites excluding steroid dienone is 1. The number of nitrogens with one attached hydrogen (secondary N) is 1. The van der Waals surface area contributed by atoms with Crippen molar-refractivity contribution in [3.63, 3.8) is 0 Å². The summed E-state index contributed by atoms with van der Waals surface area (Å²) in [5.41, 5.74) is 2.97. The van der Waals surface area contributed by atoms with E-state index in [0.29, 0.717) is 6.04 Å². The van der Waals surface area contributed by atoms with E-state index < -0.39 is 0 Å². The van der Waals surface area contributed by atoms with Crippen LogP contribution in [-0.2, 0) is 0 Å². The fourth-order valence-corrected chi connectivity index (χ4v) is 3.43. The third-order valence-electron chi connectivity index (χ3n) is 4.59. The normalized spacial score (nSPS) is 20.3. The van der Waals surface area contributed by atoms with Crippen molar-refractivity contribution < 1.29 is 0 Å². The average Bonchev–Trinajstić information content (AvgIpc) is 2.49. The van der Waals surface area contributed by atoms with Gasteiger partial charge in [0.05, 0.1) is 6.04 Å². The van der Waals surface area contributed by atoms with E-state index in [2.05, 4.69) is 60.9 Å². The summed E-state index contributed by atoms with van der Waals surface area (Å²) in [6.45, 7) is 0. The van der Waals surface area contributed by atoms with Gasteiger partial charge in [-0.1, -0.05) is 60.9 Å². The van der Waals surface area contributed by atoms with Crippen LogP contribution in [0.25, 0.3) is 10.8 Å². The summed E-state index contributed by atoms with van der Waals surface area (Å²) in [7, 11) is 2.08. The molecule has 0 saturated carbocycles. The summed E-state index contributed by atoms with van der Waals surface area (Å²) in [6, 6.07) is 15.9. The fraction of sp³-hybridized carbons (Fsp3) is 0.400. The van der Waals surface area contributed by atoms with Gasteiger partial charge in [0.2, 0.25) is 0 Å². The molecule has 0 fully saturated rings. The van der Waals surface area contributed by atoms with Gasteiger partial charge in [-0.3, -0.25) is 0 Å². The van der Waals surface area contributed by atoms with E-state index in [-0.39, 0.29) is 0 Å². The second kappa shape index (κ2) is 6.91. The van der Waals surface area contributed by atoms with E-state index in [1.165, 1.54) is 54.9 Å². The number of rotatable bonds is 3. The highest BCUT2D eigenvalue weighted by Crippen LogP contribution is 2.30. The van der Waals surface area contributed by atoms with Crippen LogP contribution in [0.3, 0.4) is 0 Å². The molecule has 2 aromatic rings. The van der Waals surface area contributed by atoms with E-state index in [1.54, 1.807) is 5.57 Å². The van der Waals surface area contributed by atoms with Gasteiger partial charge in [0.25, 0.3) is 0 Å². The summed E-state index contributed by atoms with van der Waals surface area (Å²) < 4.78 is 0. The van der Waals surface area contributed by atoms with Crippen LogP contribution in [0.1, 0.15) is 50.1 Å². The Morgan fingerprint density at radius 1 is 0.905 bits per heavy atom. The van der Waals surface area contributed by atoms with Crippen LogP contribution in [0.15, 0.2) is 54.1 Å². The first kappa shape index (κ1) is 14.3. The first-order valence-electron chi connectivity index (χ1n) is 8.23. The van der Waals surface area contributed by atoms with Gasteiger partial charge in [-0.05, 0) is 55.1 Å². The molecule has 1 nitrogen and oxygen atoms in total. The van der Waals surface area contributed by atoms with Crippen molar-refractivity contribution in [2.75, 3.05) is 7.05 Å². The van der Waals surface area contributed by atoms with Gasteiger partial charge < -0.3 is 5.32 Å². The van der Waals surface area contributed by atoms with Gasteiger partial charge in [-0.25, -0.2) is 0 Å². The lowest BCUT2D eigenvalue weighted by Crippen LogP contribution is -2.19. The summed E-state index contributed by atoms with van der Waals surface area (Å²) in [5, 5.41) is 6.19. The first-order chi connectivity index (χ1) is 10.4. The molecule has 0 heterocycles. The van der Waals surface area contributed by atoms with E-state index >= 15 is 0 Å². The van der Waals surface area contributed by atoms with Gasteiger partial charge in [-0.15, -0.1) is 0 Å². The maximum absolute atomic E-state index is 3.53. The minimum Gasteiger partial charge on any atom is -0.310 e. The Bertz CT molecular complexity index is 627. The molecule has 1 atom stereocenters.